The molecule has 13 nitrogen and oxygen atoms in total. The number of hydrogen-bond acceptors (Lipinski definition) is 11. The molecule has 2 bridgehead atoms. The number of morpholine rings is 1. The van der Waals surface area contributed by atoms with Crippen molar-refractivity contribution in [3.05, 3.63) is 135 Å². The van der Waals surface area contributed by atoms with Gasteiger partial charge in [0, 0.05) is 62.5 Å². The van der Waals surface area contributed by atoms with Crippen LogP contribution in [0.4, 0.5) is 17.6 Å². The molecule has 4 fully saturated rings. The van der Waals surface area contributed by atoms with Gasteiger partial charge in [0.05, 0.1) is 55.0 Å². The molecule has 1 N–H and O–H groups in total. The van der Waals surface area contributed by atoms with Crippen molar-refractivity contribution in [2.45, 2.75) is 74.7 Å². The molecule has 6 aromatic rings. The number of ether oxygens (including phenoxy) is 2. The minimum atomic E-state index is -0.902. The molecule has 0 radical (unpaired) electrons. The van der Waals surface area contributed by atoms with Gasteiger partial charge in [0.1, 0.15) is 17.6 Å². The highest BCUT2D eigenvalue weighted by Crippen LogP contribution is 2.51. The normalized spacial score (nSPS) is 22.7. The van der Waals surface area contributed by atoms with Crippen LogP contribution in [0.2, 0.25) is 0 Å². The molecule has 390 valence electrons. The number of nitrogens with one attached hydrogen (secondary N) is 1. The van der Waals surface area contributed by atoms with Crippen molar-refractivity contribution in [1.29, 1.82) is 0 Å². The van der Waals surface area contributed by atoms with E-state index < -0.39 is 45.8 Å². The van der Waals surface area contributed by atoms with Crippen molar-refractivity contribution < 1.29 is 40.8 Å². The highest BCUT2D eigenvalue weighted by atomic mass is 32.7. The fourth-order valence-corrected chi connectivity index (χ4v) is 20.4. The van der Waals surface area contributed by atoms with Crippen molar-refractivity contribution in [3.8, 4) is 17.1 Å². The molecule has 74 heavy (non-hydrogen) atoms. The topological polar surface area (TPSA) is 145 Å². The monoisotopic (exact) mass is 1130 g/mol. The van der Waals surface area contributed by atoms with Crippen LogP contribution in [0.3, 0.4) is 0 Å². The first-order chi connectivity index (χ1) is 35.8. The van der Waals surface area contributed by atoms with Gasteiger partial charge in [-0.15, -0.1) is 11.8 Å². The molecule has 23 heteroatoms. The zero-order chi connectivity index (χ0) is 51.8. The van der Waals surface area contributed by atoms with E-state index in [-0.39, 0.29) is 80.2 Å². The fraction of sp³-hybridized carbons (Fsp3) is 0.412. The minimum absolute atomic E-state index is 0.00249. The van der Waals surface area contributed by atoms with Gasteiger partial charge in [0.25, 0.3) is 5.91 Å². The van der Waals surface area contributed by atoms with Crippen molar-refractivity contribution in [2.24, 2.45) is 23.7 Å². The maximum atomic E-state index is 15.2. The number of carbonyl (C=O) groups is 2. The third kappa shape index (κ3) is 10.5. The molecule has 1 amide bonds. The number of aromatic nitrogens is 5. The smallest absolute Gasteiger partial charge is 0.321 e. The molecular weight excluding hydrogens is 1070 g/mol. The largest absolute Gasteiger partial charge is 0.487 e. The van der Waals surface area contributed by atoms with E-state index in [4.69, 9.17) is 13.7 Å². The lowest BCUT2D eigenvalue weighted by molar-refractivity contribution is -0.148. The minimum Gasteiger partial charge on any atom is -0.487 e. The Kier molecular flexibility index (Phi) is 16.4. The van der Waals surface area contributed by atoms with Crippen LogP contribution < -0.4 is 15.2 Å². The molecule has 3 unspecified atom stereocenters. The number of thioether (sulfide) groups is 1. The summed E-state index contributed by atoms with van der Waals surface area (Å²) in [5.41, 5.74) is 2.87. The first kappa shape index (κ1) is 52.9. The number of benzene rings is 2. The Morgan fingerprint density at radius 2 is 1.82 bits per heavy atom. The number of H-pyrrole nitrogens is 1. The van der Waals surface area contributed by atoms with Crippen LogP contribution in [0.1, 0.15) is 84.4 Å². The number of rotatable bonds is 12. The Bertz CT molecular complexity index is 3250. The average Bonchev–Trinajstić information content (AvgIpc) is 3.76. The third-order valence-corrected chi connectivity index (χ3v) is 23.5. The van der Waals surface area contributed by atoms with E-state index in [1.165, 1.54) is 30.1 Å². The number of hydrogen-bond donors (Lipinski definition) is 1. The summed E-state index contributed by atoms with van der Waals surface area (Å²) in [5, 5.41) is 3.27. The Hall–Kier alpha value is -4.54. The predicted octanol–water partition coefficient (Wildman–Crippen LogP) is 10.3. The lowest BCUT2D eigenvalue weighted by Crippen LogP contribution is -2.66. The zero-order valence-corrected chi connectivity index (χ0v) is 46.0. The van der Waals surface area contributed by atoms with E-state index in [0.717, 1.165) is 73.4 Å². The zero-order valence-electron chi connectivity index (χ0n) is 40.5. The van der Waals surface area contributed by atoms with E-state index in [0.29, 0.717) is 60.1 Å². The maximum Gasteiger partial charge on any atom is 0.321 e. The molecule has 3 aliphatic heterocycles. The van der Waals surface area contributed by atoms with Crippen LogP contribution >= 0.6 is 35.8 Å². The summed E-state index contributed by atoms with van der Waals surface area (Å²) in [5.74, 6) is -2.33. The summed E-state index contributed by atoms with van der Waals surface area (Å²) in [6.45, 7) is 3.22. The van der Waals surface area contributed by atoms with Gasteiger partial charge in [-0.2, -0.15) is 10.1 Å². The summed E-state index contributed by atoms with van der Waals surface area (Å²) < 4.78 is 77.9. The molecule has 3 aliphatic carbocycles. The highest BCUT2D eigenvalue weighted by Gasteiger charge is 2.49. The number of halogens is 4. The van der Waals surface area contributed by atoms with Crippen LogP contribution in [0, 0.1) is 46.9 Å². The number of unbranched alkanes of at least 4 members (excludes halogenated alkanes) is 1. The quantitative estimate of drug-likeness (QED) is 0.0710. The van der Waals surface area contributed by atoms with Gasteiger partial charge in [-0.3, -0.25) is 24.1 Å². The predicted molar refractivity (Wildman–Crippen MR) is 289 cm³/mol. The van der Waals surface area contributed by atoms with Gasteiger partial charge < -0.3 is 23.5 Å². The Labute approximate surface area is 440 Å². The van der Waals surface area contributed by atoms with E-state index in [9.17, 15) is 27.6 Å². The van der Waals surface area contributed by atoms with Crippen molar-refractivity contribution in [3.63, 3.8) is 0 Å². The lowest BCUT2D eigenvalue weighted by atomic mass is 9.57. The number of aromatic amines is 1. The van der Waals surface area contributed by atoms with Crippen LogP contribution in [-0.2, 0) is 46.3 Å². The van der Waals surface area contributed by atoms with Gasteiger partial charge >= 0.3 is 5.97 Å². The molecular formula is C51H54F4N7O6P3S3. The second kappa shape index (κ2) is 23.0. The van der Waals surface area contributed by atoms with Gasteiger partial charge in [-0.05, 0) is 98.9 Å². The Morgan fingerprint density at radius 3 is 2.61 bits per heavy atom. The number of carbonyl (C=O) groups excluding carboxylic acids is 2. The number of amides is 1. The number of pyridine rings is 2. The molecule has 6 aliphatic rings. The number of nitrogens with zero attached hydrogens (tertiary/aromatic N) is 6. The molecule has 2 aromatic carbocycles. The molecule has 3 saturated carbocycles. The van der Waals surface area contributed by atoms with Crippen LogP contribution in [0.5, 0.6) is 5.75 Å². The van der Waals surface area contributed by atoms with Crippen molar-refractivity contribution >= 4 is 79.1 Å². The van der Waals surface area contributed by atoms with E-state index in [1.807, 2.05) is 36.2 Å². The van der Waals surface area contributed by atoms with Crippen molar-refractivity contribution in [2.75, 3.05) is 42.7 Å². The van der Waals surface area contributed by atoms with Gasteiger partial charge in [-0.25, -0.2) is 32.5 Å². The van der Waals surface area contributed by atoms with Crippen molar-refractivity contribution in [1.82, 2.24) is 29.5 Å². The van der Waals surface area contributed by atoms with Gasteiger partial charge in [0.2, 0.25) is 5.43 Å². The molecule has 12 rings (SSSR count). The second-order valence-electron chi connectivity index (χ2n) is 18.9. The van der Waals surface area contributed by atoms with Crippen LogP contribution in [0.15, 0.2) is 83.0 Å². The lowest BCUT2D eigenvalue weighted by Gasteiger charge is -2.51. The van der Waals surface area contributed by atoms with E-state index in [2.05, 4.69) is 43.1 Å². The number of fused-ring (bicyclic) bond motifs is 8. The summed E-state index contributed by atoms with van der Waals surface area (Å²) >= 11 is 1.44. The molecule has 0 spiro atoms. The van der Waals surface area contributed by atoms with Gasteiger partial charge in [0.15, 0.2) is 34.7 Å². The molecule has 1 saturated heterocycles. The Balaban J connectivity index is 0.000000170. The third-order valence-electron chi connectivity index (χ3n) is 14.5. The average molecular weight is 1130 g/mol. The highest BCUT2D eigenvalue weighted by molar-refractivity contribution is 8.40. The Morgan fingerprint density at radius 1 is 1.03 bits per heavy atom. The van der Waals surface area contributed by atoms with Gasteiger partial charge in [-0.1, -0.05) is 54.6 Å². The molecule has 7 atom stereocenters. The van der Waals surface area contributed by atoms with E-state index in [1.54, 1.807) is 28.0 Å². The SMILES string of the molecule is CCCCOc1c2n(ccc1=O)N([C@@H]1c3ccccc3SCc3c1ccc(F)c3F)[C@@H]1COCCN1C2=O.CS(=P)CS(OC(=O)[C@H]1C2CCC(CC2)[C@@H]1Cc1nc(-c2c[nH]c3ncc(F)cc23)ncc1F)=PP. The first-order valence-corrected chi connectivity index (χ1v) is 32.9. The second-order valence-corrected chi connectivity index (χ2v) is 29.0. The summed E-state index contributed by atoms with van der Waals surface area (Å²) in [6, 6.07) is 12.7. The van der Waals surface area contributed by atoms with Crippen LogP contribution in [0.25, 0.3) is 22.4 Å². The summed E-state index contributed by atoms with van der Waals surface area (Å²) in [7, 11) is 6.76. The summed E-state index contributed by atoms with van der Waals surface area (Å²) in [6.07, 6.45) is 13.1. The van der Waals surface area contributed by atoms with E-state index >= 15 is 4.39 Å². The molecule has 7 heterocycles. The first-order valence-electron chi connectivity index (χ1n) is 24.4. The summed E-state index contributed by atoms with van der Waals surface area (Å²) in [4.78, 5) is 58.6. The van der Waals surface area contributed by atoms with Crippen LogP contribution in [-0.4, -0.2) is 85.3 Å². The molecule has 4 aromatic heterocycles. The standard InChI is InChI=1S/C28H27F2N3O4S.C23H27F2N4O2P3S2/c1-2-3-13-37-27-21(34)10-11-32-26(27)28(35)31-12-14-36-15-23(31)33(32)25-17-8-9-20(29)24(30)19(17)16-38-22-7-5-4-6-18(22)25;1-35(33)11-36(34-32)31-23(30)20-13-4-2-12(3-5-13)15(20)7-19-18(25)10-28-22(29-19)17-9-27-21-16(17)6-14(24)8-26-21/h4-11,23,25H,2-3,12-16H2,1H3;6,8-10,12-13,15,20,33H,2-5,7,11,32H2,1H3,(H,26,27)/t23-,25+;12?,13?,15-,20-,35?,36?/m10/s1. The maximum absolute atomic E-state index is 15.2. The fourth-order valence-electron chi connectivity index (χ4n) is 11.1.